The van der Waals surface area contributed by atoms with Gasteiger partial charge < -0.3 is 5.32 Å². The second kappa shape index (κ2) is 4.02. The molecular formula is C15H15N3O. The van der Waals surface area contributed by atoms with E-state index in [9.17, 15) is 4.79 Å². The van der Waals surface area contributed by atoms with E-state index in [1.807, 2.05) is 12.1 Å². The number of nitrogens with one attached hydrogen (secondary N) is 1. The third-order valence-electron chi connectivity index (χ3n) is 4.20. The molecule has 1 N–H and O–H groups in total. The predicted octanol–water partition coefficient (Wildman–Crippen LogP) is 2.61. The van der Waals surface area contributed by atoms with E-state index in [2.05, 4.69) is 15.3 Å². The summed E-state index contributed by atoms with van der Waals surface area (Å²) in [6, 6.07) is 3.70. The Kier molecular flexibility index (Phi) is 2.31. The summed E-state index contributed by atoms with van der Waals surface area (Å²) in [4.78, 5) is 20.6. The fourth-order valence-corrected chi connectivity index (χ4v) is 2.89. The lowest BCUT2D eigenvalue weighted by molar-refractivity contribution is -0.117. The average molecular weight is 253 g/mol. The quantitative estimate of drug-likeness (QED) is 0.914. The minimum Gasteiger partial charge on any atom is -0.325 e. The second-order valence-electron chi connectivity index (χ2n) is 5.58. The number of aromatic nitrogens is 2. The molecule has 0 aromatic carbocycles. The summed E-state index contributed by atoms with van der Waals surface area (Å²) in [7, 11) is 0. The lowest BCUT2D eigenvalue weighted by Gasteiger charge is -2.07. The number of hydrogen-bond acceptors (Lipinski definition) is 3. The van der Waals surface area contributed by atoms with Gasteiger partial charge in [0.05, 0.1) is 11.2 Å². The SMILES string of the molecule is O=C(Nc1ccnc2ccncc12)C1CC1C1CC1. The molecule has 2 aliphatic carbocycles. The van der Waals surface area contributed by atoms with E-state index in [-0.39, 0.29) is 11.8 Å². The van der Waals surface area contributed by atoms with E-state index in [1.165, 1.54) is 12.8 Å². The van der Waals surface area contributed by atoms with Crippen LogP contribution in [-0.4, -0.2) is 15.9 Å². The van der Waals surface area contributed by atoms with Crippen LogP contribution in [0.2, 0.25) is 0 Å². The van der Waals surface area contributed by atoms with Crippen molar-refractivity contribution < 1.29 is 4.79 Å². The largest absolute Gasteiger partial charge is 0.325 e. The summed E-state index contributed by atoms with van der Waals surface area (Å²) in [5, 5.41) is 3.95. The van der Waals surface area contributed by atoms with Gasteiger partial charge in [0.25, 0.3) is 0 Å². The van der Waals surface area contributed by atoms with Gasteiger partial charge in [0.15, 0.2) is 0 Å². The Bertz CT molecular complexity index is 645. The fourth-order valence-electron chi connectivity index (χ4n) is 2.89. The highest BCUT2D eigenvalue weighted by molar-refractivity contribution is 6.02. The summed E-state index contributed by atoms with van der Waals surface area (Å²) < 4.78 is 0. The number of rotatable bonds is 3. The number of nitrogens with zero attached hydrogens (tertiary/aromatic N) is 2. The molecule has 96 valence electrons. The lowest BCUT2D eigenvalue weighted by Crippen LogP contribution is -2.15. The van der Waals surface area contributed by atoms with Gasteiger partial charge in [0.2, 0.25) is 5.91 Å². The Morgan fingerprint density at radius 2 is 2.16 bits per heavy atom. The van der Waals surface area contributed by atoms with Gasteiger partial charge in [-0.2, -0.15) is 0 Å². The zero-order chi connectivity index (χ0) is 12.8. The van der Waals surface area contributed by atoms with Crippen LogP contribution in [0.1, 0.15) is 19.3 Å². The highest BCUT2D eigenvalue weighted by atomic mass is 16.2. The summed E-state index contributed by atoms with van der Waals surface area (Å²) in [6.45, 7) is 0. The van der Waals surface area contributed by atoms with Crippen LogP contribution in [0.3, 0.4) is 0 Å². The molecule has 2 aromatic heterocycles. The second-order valence-corrected chi connectivity index (χ2v) is 5.58. The normalized spacial score (nSPS) is 25.3. The maximum Gasteiger partial charge on any atom is 0.227 e. The molecule has 4 heteroatoms. The molecule has 2 aliphatic rings. The molecule has 2 unspecified atom stereocenters. The Hall–Kier alpha value is -1.97. The average Bonchev–Trinajstić information content (AvgIpc) is 3.28. The molecule has 2 atom stereocenters. The standard InChI is InChI=1S/C15H15N3O/c19-15(11-7-10(11)9-1-2-9)18-14-4-6-17-13-3-5-16-8-12(13)14/h3-6,8-11H,1-2,7H2,(H,17,18,19). The number of pyridine rings is 2. The van der Waals surface area contributed by atoms with Gasteiger partial charge in [0.1, 0.15) is 0 Å². The molecule has 0 radical (unpaired) electrons. The first-order valence-corrected chi connectivity index (χ1v) is 6.82. The van der Waals surface area contributed by atoms with E-state index in [0.29, 0.717) is 5.92 Å². The van der Waals surface area contributed by atoms with Gasteiger partial charge in [0, 0.05) is 29.9 Å². The van der Waals surface area contributed by atoms with Crippen LogP contribution in [0.4, 0.5) is 5.69 Å². The predicted molar refractivity (Wildman–Crippen MR) is 72.5 cm³/mol. The van der Waals surface area contributed by atoms with Crippen molar-refractivity contribution in [1.82, 2.24) is 9.97 Å². The molecule has 2 aromatic rings. The number of hydrogen-bond donors (Lipinski definition) is 1. The van der Waals surface area contributed by atoms with Crippen molar-refractivity contribution in [3.05, 3.63) is 30.7 Å². The van der Waals surface area contributed by atoms with E-state index in [0.717, 1.165) is 28.9 Å². The molecule has 4 nitrogen and oxygen atoms in total. The summed E-state index contributed by atoms with van der Waals surface area (Å²) in [6.07, 6.45) is 8.89. The van der Waals surface area contributed by atoms with Gasteiger partial charge in [-0.25, -0.2) is 0 Å². The molecule has 2 heterocycles. The zero-order valence-corrected chi connectivity index (χ0v) is 10.5. The maximum atomic E-state index is 12.2. The Labute approximate surface area is 111 Å². The Balaban J connectivity index is 1.56. The lowest BCUT2D eigenvalue weighted by atomic mass is 10.2. The molecule has 4 rings (SSSR count). The van der Waals surface area contributed by atoms with Crippen LogP contribution in [0, 0.1) is 17.8 Å². The van der Waals surface area contributed by atoms with E-state index in [1.54, 1.807) is 18.6 Å². The van der Waals surface area contributed by atoms with Crippen molar-refractivity contribution in [2.45, 2.75) is 19.3 Å². The number of fused-ring (bicyclic) bond motifs is 1. The summed E-state index contributed by atoms with van der Waals surface area (Å²) in [5.74, 6) is 1.86. The van der Waals surface area contributed by atoms with Gasteiger partial charge in [-0.05, 0) is 43.2 Å². The molecule has 0 saturated heterocycles. The number of anilines is 1. The van der Waals surface area contributed by atoms with Crippen LogP contribution in [0.5, 0.6) is 0 Å². The highest BCUT2D eigenvalue weighted by Crippen LogP contribution is 2.54. The topological polar surface area (TPSA) is 54.9 Å². The molecule has 0 aliphatic heterocycles. The van der Waals surface area contributed by atoms with Crippen molar-refractivity contribution in [1.29, 1.82) is 0 Å². The first-order valence-electron chi connectivity index (χ1n) is 6.82. The van der Waals surface area contributed by atoms with Gasteiger partial charge in [-0.1, -0.05) is 0 Å². The fraction of sp³-hybridized carbons (Fsp3) is 0.400. The molecule has 1 amide bonds. The first-order chi connectivity index (χ1) is 9.33. The molecular weight excluding hydrogens is 238 g/mol. The van der Waals surface area contributed by atoms with Crippen molar-refractivity contribution in [3.63, 3.8) is 0 Å². The first kappa shape index (κ1) is 10.9. The van der Waals surface area contributed by atoms with Crippen molar-refractivity contribution in [2.24, 2.45) is 17.8 Å². The van der Waals surface area contributed by atoms with Crippen LogP contribution < -0.4 is 5.32 Å². The number of carbonyl (C=O) groups excluding carboxylic acids is 1. The minimum absolute atomic E-state index is 0.160. The van der Waals surface area contributed by atoms with E-state index < -0.39 is 0 Å². The van der Waals surface area contributed by atoms with Crippen LogP contribution in [0.25, 0.3) is 10.9 Å². The van der Waals surface area contributed by atoms with Crippen LogP contribution in [-0.2, 0) is 4.79 Å². The van der Waals surface area contributed by atoms with E-state index in [4.69, 9.17) is 0 Å². The summed E-state index contributed by atoms with van der Waals surface area (Å²) in [5.41, 5.74) is 1.69. The molecule has 2 fully saturated rings. The summed E-state index contributed by atoms with van der Waals surface area (Å²) >= 11 is 0. The molecule has 2 saturated carbocycles. The zero-order valence-electron chi connectivity index (χ0n) is 10.5. The van der Waals surface area contributed by atoms with Crippen molar-refractivity contribution >= 4 is 22.5 Å². The van der Waals surface area contributed by atoms with E-state index >= 15 is 0 Å². The smallest absolute Gasteiger partial charge is 0.227 e. The Morgan fingerprint density at radius 3 is 3.00 bits per heavy atom. The molecule has 0 spiro atoms. The minimum atomic E-state index is 0.160. The number of carbonyl (C=O) groups is 1. The van der Waals surface area contributed by atoms with Crippen LogP contribution in [0.15, 0.2) is 30.7 Å². The van der Waals surface area contributed by atoms with Gasteiger partial charge in [-0.3, -0.25) is 14.8 Å². The third kappa shape index (κ3) is 1.97. The van der Waals surface area contributed by atoms with Gasteiger partial charge >= 0.3 is 0 Å². The van der Waals surface area contributed by atoms with Crippen molar-refractivity contribution in [2.75, 3.05) is 5.32 Å². The number of amides is 1. The third-order valence-corrected chi connectivity index (χ3v) is 4.20. The molecule has 0 bridgehead atoms. The molecule has 19 heavy (non-hydrogen) atoms. The monoisotopic (exact) mass is 253 g/mol. The highest BCUT2D eigenvalue weighted by Gasteiger charge is 2.51. The van der Waals surface area contributed by atoms with Crippen LogP contribution >= 0.6 is 0 Å². The Morgan fingerprint density at radius 1 is 1.26 bits per heavy atom. The van der Waals surface area contributed by atoms with Crippen molar-refractivity contribution in [3.8, 4) is 0 Å². The maximum absolute atomic E-state index is 12.2. The van der Waals surface area contributed by atoms with Gasteiger partial charge in [-0.15, -0.1) is 0 Å².